The lowest BCUT2D eigenvalue weighted by molar-refractivity contribution is -0.122. The van der Waals surface area contributed by atoms with E-state index in [4.69, 9.17) is 21.9 Å². The number of methoxy groups -OCH3 is 1. The molecular weight excluding hydrogens is 530 g/mol. The first-order chi connectivity index (χ1) is 18.9. The third kappa shape index (κ3) is 5.53. The van der Waals surface area contributed by atoms with Gasteiger partial charge in [0, 0.05) is 38.9 Å². The molecule has 1 amide bonds. The highest BCUT2D eigenvalue weighted by molar-refractivity contribution is 8.26. The van der Waals surface area contributed by atoms with E-state index < -0.39 is 0 Å². The Bertz CT molecular complexity index is 1490. The van der Waals surface area contributed by atoms with Gasteiger partial charge >= 0.3 is 0 Å². The quantitative estimate of drug-likeness (QED) is 0.221. The molecule has 2 aliphatic rings. The molecule has 10 heteroatoms. The number of piperazine rings is 1. The number of ether oxygens (including phenoxy) is 1. The maximum Gasteiger partial charge on any atom is 0.267 e. The number of thiocarbonyl (C=S) groups is 1. The number of rotatable bonds is 8. The minimum absolute atomic E-state index is 0.137. The van der Waals surface area contributed by atoms with Crippen LogP contribution in [-0.2, 0) is 4.79 Å². The fourth-order valence-corrected chi connectivity index (χ4v) is 6.30. The van der Waals surface area contributed by atoms with Crippen molar-refractivity contribution in [2.24, 2.45) is 0 Å². The second-order valence-corrected chi connectivity index (χ2v) is 11.5. The molecule has 0 aliphatic carbocycles. The van der Waals surface area contributed by atoms with Crippen molar-refractivity contribution in [3.63, 3.8) is 0 Å². The largest absolute Gasteiger partial charge is 0.495 e. The predicted molar refractivity (Wildman–Crippen MR) is 163 cm³/mol. The van der Waals surface area contributed by atoms with Gasteiger partial charge in [-0.3, -0.25) is 18.9 Å². The third-order valence-corrected chi connectivity index (χ3v) is 8.50. The van der Waals surface area contributed by atoms with Gasteiger partial charge in [0.2, 0.25) is 0 Å². The highest BCUT2D eigenvalue weighted by Crippen LogP contribution is 2.34. The zero-order chi connectivity index (χ0) is 27.5. The van der Waals surface area contributed by atoms with Gasteiger partial charge < -0.3 is 14.5 Å². The van der Waals surface area contributed by atoms with Gasteiger partial charge in [-0.15, -0.1) is 0 Å². The van der Waals surface area contributed by atoms with E-state index in [0.717, 1.165) is 49.4 Å². The maximum atomic E-state index is 13.8. The first-order valence-corrected chi connectivity index (χ1v) is 14.5. The number of unbranched alkanes of at least 4 members (excludes halogenated alkanes) is 2. The molecule has 0 N–H and O–H groups in total. The van der Waals surface area contributed by atoms with Crippen LogP contribution in [0.2, 0.25) is 0 Å². The van der Waals surface area contributed by atoms with Crippen LogP contribution in [0.3, 0.4) is 0 Å². The summed E-state index contributed by atoms with van der Waals surface area (Å²) in [6.07, 6.45) is 6.50. The van der Waals surface area contributed by atoms with Gasteiger partial charge in [-0.25, -0.2) is 4.98 Å². The molecule has 3 aromatic rings. The summed E-state index contributed by atoms with van der Waals surface area (Å²) >= 11 is 6.79. The number of aromatic nitrogens is 2. The molecule has 2 aromatic heterocycles. The van der Waals surface area contributed by atoms with E-state index >= 15 is 0 Å². The fraction of sp³-hybridized carbons (Fsp3) is 0.379. The van der Waals surface area contributed by atoms with Crippen molar-refractivity contribution in [1.29, 1.82) is 0 Å². The van der Waals surface area contributed by atoms with E-state index in [1.54, 1.807) is 28.7 Å². The Hall–Kier alpha value is -3.37. The Morgan fingerprint density at radius 1 is 1.05 bits per heavy atom. The van der Waals surface area contributed by atoms with Gasteiger partial charge in [0.25, 0.3) is 11.5 Å². The van der Waals surface area contributed by atoms with Crippen LogP contribution in [0.5, 0.6) is 5.75 Å². The standard InChI is InChI=1S/C29H33N5O3S2/c1-4-5-8-13-33-28(36)24(39-29(33)38)18-21-26(30-25-12-11-20(2)19-34(25)27(21)35)32-16-14-31(15-17-32)22-9-6-7-10-23(22)37-3/h6-7,9-12,18-19H,4-5,8,13-17H2,1-3H3. The molecule has 0 atom stereocenters. The van der Waals surface area contributed by atoms with E-state index in [0.29, 0.717) is 45.9 Å². The topological polar surface area (TPSA) is 70.4 Å². The van der Waals surface area contributed by atoms with Crippen LogP contribution < -0.4 is 20.1 Å². The number of amides is 1. The highest BCUT2D eigenvalue weighted by Gasteiger charge is 2.33. The van der Waals surface area contributed by atoms with Gasteiger partial charge in [-0.1, -0.05) is 61.9 Å². The van der Waals surface area contributed by atoms with E-state index in [9.17, 15) is 9.59 Å². The molecule has 204 valence electrons. The monoisotopic (exact) mass is 563 g/mol. The number of fused-ring (bicyclic) bond motifs is 1. The molecular formula is C29H33N5O3S2. The second-order valence-electron chi connectivity index (χ2n) is 9.78. The zero-order valence-electron chi connectivity index (χ0n) is 22.6. The molecule has 0 spiro atoms. The van der Waals surface area contributed by atoms with Crippen molar-refractivity contribution in [1.82, 2.24) is 14.3 Å². The number of carbonyl (C=O) groups is 1. The molecule has 0 unspecified atom stereocenters. The van der Waals surface area contributed by atoms with Crippen molar-refractivity contribution in [3.8, 4) is 5.75 Å². The lowest BCUT2D eigenvalue weighted by atomic mass is 10.2. The average molecular weight is 564 g/mol. The second kappa shape index (κ2) is 11.8. The lowest BCUT2D eigenvalue weighted by Crippen LogP contribution is -2.47. The summed E-state index contributed by atoms with van der Waals surface area (Å²) in [7, 11) is 1.68. The highest BCUT2D eigenvalue weighted by atomic mass is 32.2. The predicted octanol–water partition coefficient (Wildman–Crippen LogP) is 4.73. The normalized spacial score (nSPS) is 17.1. The van der Waals surface area contributed by atoms with Gasteiger partial charge in [0.15, 0.2) is 0 Å². The Kier molecular flexibility index (Phi) is 8.23. The SMILES string of the molecule is CCCCCN1C(=O)C(=Cc2c(N3CCN(c4ccccc4OC)CC3)nc3ccc(C)cn3c2=O)SC1=S. The van der Waals surface area contributed by atoms with Crippen LogP contribution in [0.4, 0.5) is 11.5 Å². The van der Waals surface area contributed by atoms with E-state index in [2.05, 4.69) is 22.8 Å². The summed E-state index contributed by atoms with van der Waals surface area (Å²) in [5.74, 6) is 1.30. The summed E-state index contributed by atoms with van der Waals surface area (Å²) < 4.78 is 7.68. The van der Waals surface area contributed by atoms with Crippen molar-refractivity contribution >= 4 is 57.4 Å². The number of hydrogen-bond donors (Lipinski definition) is 0. The number of aryl methyl sites for hydroxylation is 1. The molecule has 0 bridgehead atoms. The summed E-state index contributed by atoms with van der Waals surface area (Å²) in [6.45, 7) is 7.50. The van der Waals surface area contributed by atoms with Gasteiger partial charge in [0.05, 0.1) is 23.3 Å². The molecule has 5 rings (SSSR count). The number of nitrogens with zero attached hydrogens (tertiary/aromatic N) is 5. The Morgan fingerprint density at radius 3 is 2.54 bits per heavy atom. The number of anilines is 2. The van der Waals surface area contributed by atoms with Gasteiger partial charge in [-0.05, 0) is 43.2 Å². The van der Waals surface area contributed by atoms with Crippen molar-refractivity contribution < 1.29 is 9.53 Å². The van der Waals surface area contributed by atoms with E-state index in [1.165, 1.54) is 11.8 Å². The molecule has 39 heavy (non-hydrogen) atoms. The van der Waals surface area contributed by atoms with Crippen molar-refractivity contribution in [2.75, 3.05) is 49.6 Å². The molecule has 8 nitrogen and oxygen atoms in total. The van der Waals surface area contributed by atoms with Crippen LogP contribution in [0, 0.1) is 6.92 Å². The zero-order valence-corrected chi connectivity index (χ0v) is 24.2. The van der Waals surface area contributed by atoms with Crippen LogP contribution in [-0.4, -0.2) is 64.3 Å². The fourth-order valence-electron chi connectivity index (χ4n) is 5.01. The van der Waals surface area contributed by atoms with Crippen molar-refractivity contribution in [2.45, 2.75) is 33.1 Å². The van der Waals surface area contributed by atoms with E-state index in [1.807, 2.05) is 37.3 Å². The number of benzene rings is 1. The molecule has 2 aliphatic heterocycles. The van der Waals surface area contributed by atoms with Crippen LogP contribution in [0.25, 0.3) is 11.7 Å². The molecule has 2 fully saturated rings. The van der Waals surface area contributed by atoms with Crippen LogP contribution in [0.15, 0.2) is 52.3 Å². The summed E-state index contributed by atoms with van der Waals surface area (Å²) in [5, 5.41) is 0. The maximum absolute atomic E-state index is 13.8. The first-order valence-electron chi connectivity index (χ1n) is 13.3. The molecule has 0 saturated carbocycles. The molecule has 2 saturated heterocycles. The van der Waals surface area contributed by atoms with Crippen molar-refractivity contribution in [3.05, 3.63) is 69.0 Å². The molecule has 0 radical (unpaired) electrons. The average Bonchev–Trinajstić information content (AvgIpc) is 3.22. The number of para-hydroxylation sites is 2. The summed E-state index contributed by atoms with van der Waals surface area (Å²) in [4.78, 5) is 38.6. The first kappa shape index (κ1) is 27.2. The molecule has 4 heterocycles. The minimum Gasteiger partial charge on any atom is -0.495 e. The van der Waals surface area contributed by atoms with Gasteiger partial charge in [0.1, 0.15) is 21.5 Å². The Labute approximate surface area is 238 Å². The molecule has 1 aromatic carbocycles. The number of pyridine rings is 1. The van der Waals surface area contributed by atoms with Crippen LogP contribution >= 0.6 is 24.0 Å². The number of carbonyl (C=O) groups excluding carboxylic acids is 1. The van der Waals surface area contributed by atoms with Gasteiger partial charge in [-0.2, -0.15) is 0 Å². The number of thioether (sulfide) groups is 1. The summed E-state index contributed by atoms with van der Waals surface area (Å²) in [6, 6.07) is 11.8. The number of hydrogen-bond acceptors (Lipinski definition) is 8. The van der Waals surface area contributed by atoms with Crippen LogP contribution in [0.1, 0.15) is 37.3 Å². The van der Waals surface area contributed by atoms with E-state index in [-0.39, 0.29) is 11.5 Å². The third-order valence-electron chi connectivity index (χ3n) is 7.12. The minimum atomic E-state index is -0.192. The Balaban J connectivity index is 1.49. The lowest BCUT2D eigenvalue weighted by Gasteiger charge is -2.37. The Morgan fingerprint density at radius 2 is 1.79 bits per heavy atom. The smallest absolute Gasteiger partial charge is 0.267 e. The summed E-state index contributed by atoms with van der Waals surface area (Å²) in [5.41, 5.74) is 2.81.